The Hall–Kier alpha value is -1.96. The standard InChI is InChI=1S/C15H18F2N2O3S/c1-3-12(23-14(18)22)13(21)19-10-6-4-9(5-7-10)11(20)8-15(2,16)17/h4-7,12H,3,8H2,1-2H3,(H2,18,22)(H,19,21). The van der Waals surface area contributed by atoms with E-state index in [4.69, 9.17) is 5.73 Å². The Balaban J connectivity index is 2.71. The van der Waals surface area contributed by atoms with Crippen LogP contribution in [0.1, 0.15) is 37.0 Å². The minimum absolute atomic E-state index is 0.142. The molecule has 0 saturated heterocycles. The van der Waals surface area contributed by atoms with Gasteiger partial charge >= 0.3 is 0 Å². The molecule has 1 unspecified atom stereocenters. The summed E-state index contributed by atoms with van der Waals surface area (Å²) >= 11 is 0.731. The van der Waals surface area contributed by atoms with E-state index in [1.807, 2.05) is 0 Å². The van der Waals surface area contributed by atoms with E-state index in [1.54, 1.807) is 6.92 Å². The number of ketones is 1. The molecule has 1 atom stereocenters. The molecule has 2 amide bonds. The lowest BCUT2D eigenvalue weighted by Gasteiger charge is -2.13. The van der Waals surface area contributed by atoms with Crippen molar-refractivity contribution < 1.29 is 23.2 Å². The van der Waals surface area contributed by atoms with Gasteiger partial charge in [0.1, 0.15) is 0 Å². The molecule has 0 bridgehead atoms. The summed E-state index contributed by atoms with van der Waals surface area (Å²) in [6, 6.07) is 5.62. The SMILES string of the molecule is CCC(SC(N)=O)C(=O)Nc1ccc(C(=O)CC(C)(F)F)cc1. The number of benzene rings is 1. The van der Waals surface area contributed by atoms with E-state index >= 15 is 0 Å². The van der Waals surface area contributed by atoms with Crippen LogP contribution in [-0.4, -0.2) is 28.1 Å². The zero-order valence-corrected chi connectivity index (χ0v) is 13.6. The first-order chi connectivity index (χ1) is 10.6. The molecule has 0 aromatic heterocycles. The summed E-state index contributed by atoms with van der Waals surface area (Å²) in [6.45, 7) is 2.42. The lowest BCUT2D eigenvalue weighted by atomic mass is 10.1. The number of carbonyl (C=O) groups is 3. The summed E-state index contributed by atoms with van der Waals surface area (Å²) in [5.74, 6) is -4.13. The van der Waals surface area contributed by atoms with Crippen LogP contribution >= 0.6 is 11.8 Å². The van der Waals surface area contributed by atoms with Crippen LogP contribution < -0.4 is 11.1 Å². The second kappa shape index (κ2) is 8.05. The van der Waals surface area contributed by atoms with Crippen molar-refractivity contribution in [3.05, 3.63) is 29.8 Å². The molecule has 0 heterocycles. The maximum absolute atomic E-state index is 12.8. The molecule has 1 rings (SSSR count). The molecule has 0 saturated carbocycles. The Kier molecular flexibility index (Phi) is 6.68. The van der Waals surface area contributed by atoms with Crippen LogP contribution in [0.25, 0.3) is 0 Å². The Labute approximate surface area is 137 Å². The van der Waals surface area contributed by atoms with Crippen LogP contribution in [0.5, 0.6) is 0 Å². The van der Waals surface area contributed by atoms with Gasteiger partial charge in [-0.3, -0.25) is 14.4 Å². The maximum atomic E-state index is 12.8. The van der Waals surface area contributed by atoms with Crippen molar-refractivity contribution >= 4 is 34.4 Å². The smallest absolute Gasteiger partial charge is 0.277 e. The number of carbonyl (C=O) groups excluding carboxylic acids is 3. The molecule has 3 N–H and O–H groups in total. The lowest BCUT2D eigenvalue weighted by Crippen LogP contribution is -2.27. The van der Waals surface area contributed by atoms with E-state index in [9.17, 15) is 23.2 Å². The number of alkyl halides is 2. The van der Waals surface area contributed by atoms with Crippen molar-refractivity contribution in [2.75, 3.05) is 5.32 Å². The molecule has 23 heavy (non-hydrogen) atoms. The summed E-state index contributed by atoms with van der Waals surface area (Å²) in [7, 11) is 0. The molecule has 8 heteroatoms. The molecule has 0 aliphatic heterocycles. The van der Waals surface area contributed by atoms with Gasteiger partial charge in [-0.15, -0.1) is 0 Å². The van der Waals surface area contributed by atoms with Crippen LogP contribution in [0.15, 0.2) is 24.3 Å². The van der Waals surface area contributed by atoms with Gasteiger partial charge in [0, 0.05) is 11.3 Å². The van der Waals surface area contributed by atoms with E-state index in [0.29, 0.717) is 19.0 Å². The number of Topliss-reactive ketones (excluding diaryl/α,β-unsaturated/α-hetero) is 1. The van der Waals surface area contributed by atoms with Crippen LogP contribution in [-0.2, 0) is 4.79 Å². The minimum Gasteiger partial charge on any atom is -0.360 e. The van der Waals surface area contributed by atoms with Gasteiger partial charge in [-0.25, -0.2) is 8.78 Å². The summed E-state index contributed by atoms with van der Waals surface area (Å²) in [4.78, 5) is 34.5. The number of anilines is 1. The van der Waals surface area contributed by atoms with E-state index in [0.717, 1.165) is 11.8 Å². The molecular formula is C15H18F2N2O3S. The van der Waals surface area contributed by atoms with E-state index < -0.39 is 34.5 Å². The Bertz CT molecular complexity index is 585. The topological polar surface area (TPSA) is 89.3 Å². The molecular weight excluding hydrogens is 326 g/mol. The highest BCUT2D eigenvalue weighted by atomic mass is 32.2. The molecule has 1 aromatic carbocycles. The number of nitrogens with one attached hydrogen (secondary N) is 1. The molecule has 0 fully saturated rings. The van der Waals surface area contributed by atoms with Gasteiger partial charge in [0.25, 0.3) is 11.2 Å². The first-order valence-corrected chi connectivity index (χ1v) is 7.78. The molecule has 1 aromatic rings. The third kappa shape index (κ3) is 6.77. The van der Waals surface area contributed by atoms with Gasteiger partial charge in [-0.05, 0) is 37.6 Å². The van der Waals surface area contributed by atoms with Gasteiger partial charge in [-0.2, -0.15) is 0 Å². The fourth-order valence-electron chi connectivity index (χ4n) is 1.81. The molecule has 126 valence electrons. The van der Waals surface area contributed by atoms with Crippen molar-refractivity contribution in [1.29, 1.82) is 0 Å². The molecule has 0 radical (unpaired) electrons. The predicted molar refractivity (Wildman–Crippen MR) is 85.9 cm³/mol. The highest BCUT2D eigenvalue weighted by Gasteiger charge is 2.26. The second-order valence-electron chi connectivity index (χ2n) is 5.07. The van der Waals surface area contributed by atoms with Crippen LogP contribution in [0.4, 0.5) is 19.3 Å². The number of hydrogen-bond acceptors (Lipinski definition) is 4. The summed E-state index contributed by atoms with van der Waals surface area (Å²) in [5.41, 5.74) is 5.59. The number of nitrogens with two attached hydrogens (primary N) is 1. The third-order valence-corrected chi connectivity index (χ3v) is 3.93. The van der Waals surface area contributed by atoms with Crippen LogP contribution in [0.3, 0.4) is 0 Å². The number of hydrogen-bond donors (Lipinski definition) is 2. The number of amides is 2. The minimum atomic E-state index is -3.07. The monoisotopic (exact) mass is 344 g/mol. The highest BCUT2D eigenvalue weighted by Crippen LogP contribution is 2.21. The normalized spacial score (nSPS) is 12.5. The average Bonchev–Trinajstić information content (AvgIpc) is 2.43. The van der Waals surface area contributed by atoms with Gasteiger partial charge in [-0.1, -0.05) is 18.7 Å². The van der Waals surface area contributed by atoms with E-state index in [-0.39, 0.29) is 5.56 Å². The first kappa shape index (κ1) is 19.1. The van der Waals surface area contributed by atoms with Crippen LogP contribution in [0.2, 0.25) is 0 Å². The molecule has 0 aliphatic carbocycles. The Morgan fingerprint density at radius 1 is 1.26 bits per heavy atom. The van der Waals surface area contributed by atoms with Gasteiger partial charge < -0.3 is 11.1 Å². The average molecular weight is 344 g/mol. The van der Waals surface area contributed by atoms with Gasteiger partial charge in [0.2, 0.25) is 5.91 Å². The van der Waals surface area contributed by atoms with Crippen molar-refractivity contribution in [2.24, 2.45) is 5.73 Å². The van der Waals surface area contributed by atoms with E-state index in [1.165, 1.54) is 24.3 Å². The second-order valence-corrected chi connectivity index (χ2v) is 6.28. The van der Waals surface area contributed by atoms with E-state index in [2.05, 4.69) is 5.32 Å². The number of thioether (sulfide) groups is 1. The highest BCUT2D eigenvalue weighted by molar-refractivity contribution is 8.14. The number of halogens is 2. The fraction of sp³-hybridized carbons (Fsp3) is 0.400. The molecule has 0 aliphatic rings. The van der Waals surface area contributed by atoms with Gasteiger partial charge in [0.05, 0.1) is 11.7 Å². The third-order valence-electron chi connectivity index (χ3n) is 2.87. The van der Waals surface area contributed by atoms with Crippen molar-refractivity contribution in [2.45, 2.75) is 37.9 Å². The molecule has 0 spiro atoms. The Morgan fingerprint density at radius 3 is 2.26 bits per heavy atom. The lowest BCUT2D eigenvalue weighted by molar-refractivity contribution is -0.115. The summed E-state index contributed by atoms with van der Waals surface area (Å²) < 4.78 is 25.6. The predicted octanol–water partition coefficient (Wildman–Crippen LogP) is 3.44. The summed E-state index contributed by atoms with van der Waals surface area (Å²) in [6.07, 6.45) is -0.451. The zero-order chi connectivity index (χ0) is 17.6. The largest absolute Gasteiger partial charge is 0.360 e. The van der Waals surface area contributed by atoms with Crippen molar-refractivity contribution in [3.8, 4) is 0 Å². The first-order valence-electron chi connectivity index (χ1n) is 6.90. The number of primary amides is 1. The Morgan fingerprint density at radius 2 is 1.83 bits per heavy atom. The fourth-order valence-corrected chi connectivity index (χ4v) is 2.42. The zero-order valence-electron chi connectivity index (χ0n) is 12.8. The van der Waals surface area contributed by atoms with Gasteiger partial charge in [0.15, 0.2) is 5.78 Å². The van der Waals surface area contributed by atoms with Crippen molar-refractivity contribution in [3.63, 3.8) is 0 Å². The maximum Gasteiger partial charge on any atom is 0.277 e. The number of rotatable bonds is 7. The molecule has 5 nitrogen and oxygen atoms in total. The van der Waals surface area contributed by atoms with Crippen LogP contribution in [0, 0.1) is 0 Å². The summed E-state index contributed by atoms with van der Waals surface area (Å²) in [5, 5.41) is 1.32. The van der Waals surface area contributed by atoms with Crippen molar-refractivity contribution in [1.82, 2.24) is 0 Å². The quantitative estimate of drug-likeness (QED) is 0.742.